The van der Waals surface area contributed by atoms with Gasteiger partial charge in [0.05, 0.1) is 0 Å². The van der Waals surface area contributed by atoms with E-state index in [-0.39, 0.29) is 16.4 Å². The fourth-order valence-corrected chi connectivity index (χ4v) is 2.01. The van der Waals surface area contributed by atoms with Crippen LogP contribution in [-0.4, -0.2) is 23.7 Å². The van der Waals surface area contributed by atoms with E-state index >= 15 is 0 Å². The minimum Gasteiger partial charge on any atom is -0.478 e. The molecule has 0 aromatic rings. The predicted octanol–water partition coefficient (Wildman–Crippen LogP) is 1.65. The van der Waals surface area contributed by atoms with Crippen molar-refractivity contribution < 1.29 is 9.90 Å². The van der Waals surface area contributed by atoms with E-state index in [0.29, 0.717) is 12.6 Å². The molecule has 0 amide bonds. The van der Waals surface area contributed by atoms with Crippen LogP contribution in [0, 0.1) is 10.8 Å². The molecule has 1 rings (SSSR count). The van der Waals surface area contributed by atoms with Crippen molar-refractivity contribution in [3.05, 3.63) is 12.2 Å². The van der Waals surface area contributed by atoms with Gasteiger partial charge in [-0.3, -0.25) is 0 Å². The smallest absolute Gasteiger partial charge is 0.332 e. The Kier molecular flexibility index (Phi) is 2.48. The first-order chi connectivity index (χ1) is 6.21. The Morgan fingerprint density at radius 1 is 1.36 bits per heavy atom. The molecule has 0 radical (unpaired) electrons. The molecule has 0 aromatic heterocycles. The number of carboxylic acids is 1. The summed E-state index contributed by atoms with van der Waals surface area (Å²) in [6, 6.07) is 0.381. The number of aliphatic carboxylic acids is 1. The molecule has 0 heterocycles. The van der Waals surface area contributed by atoms with E-state index in [1.54, 1.807) is 0 Å². The van der Waals surface area contributed by atoms with E-state index in [1.807, 2.05) is 0 Å². The number of hydrogen-bond acceptors (Lipinski definition) is 2. The highest BCUT2D eigenvalue weighted by atomic mass is 16.4. The molecule has 14 heavy (non-hydrogen) atoms. The van der Waals surface area contributed by atoms with Crippen LogP contribution in [0.5, 0.6) is 0 Å². The largest absolute Gasteiger partial charge is 0.478 e. The van der Waals surface area contributed by atoms with Crippen LogP contribution < -0.4 is 5.32 Å². The number of hydrogen-bond donors (Lipinski definition) is 2. The molecule has 0 unspecified atom stereocenters. The maximum absolute atomic E-state index is 10.5. The van der Waals surface area contributed by atoms with Crippen LogP contribution in [0.25, 0.3) is 0 Å². The monoisotopic (exact) mass is 197 g/mol. The molecule has 1 aliphatic carbocycles. The Hall–Kier alpha value is -0.830. The van der Waals surface area contributed by atoms with Crippen LogP contribution in [0.4, 0.5) is 0 Å². The third kappa shape index (κ3) is 1.57. The predicted molar refractivity (Wildman–Crippen MR) is 56.1 cm³/mol. The topological polar surface area (TPSA) is 49.3 Å². The van der Waals surface area contributed by atoms with Gasteiger partial charge in [0.1, 0.15) is 0 Å². The molecule has 2 N–H and O–H groups in total. The van der Waals surface area contributed by atoms with Crippen LogP contribution in [0.15, 0.2) is 12.2 Å². The highest BCUT2D eigenvalue weighted by molar-refractivity contribution is 5.86. The molecule has 0 aliphatic heterocycles. The minimum atomic E-state index is -0.922. The van der Waals surface area contributed by atoms with Gasteiger partial charge in [0.15, 0.2) is 0 Å². The summed E-state index contributed by atoms with van der Waals surface area (Å²) in [6.45, 7) is 12.6. The highest BCUT2D eigenvalue weighted by Gasteiger charge is 2.64. The first kappa shape index (κ1) is 11.2. The molecule has 1 saturated carbocycles. The molecular weight excluding hydrogens is 178 g/mol. The average Bonchev–Trinajstić information content (AvgIpc) is 2.39. The van der Waals surface area contributed by atoms with Crippen molar-refractivity contribution >= 4 is 5.97 Å². The average molecular weight is 197 g/mol. The number of carbonyl (C=O) groups is 1. The van der Waals surface area contributed by atoms with Crippen molar-refractivity contribution in [3.63, 3.8) is 0 Å². The Labute approximate surface area is 85.2 Å². The van der Waals surface area contributed by atoms with Crippen molar-refractivity contribution in [1.29, 1.82) is 0 Å². The van der Waals surface area contributed by atoms with Gasteiger partial charge in [0, 0.05) is 18.2 Å². The van der Waals surface area contributed by atoms with Gasteiger partial charge in [-0.1, -0.05) is 34.3 Å². The molecule has 80 valence electrons. The summed E-state index contributed by atoms with van der Waals surface area (Å²) in [4.78, 5) is 10.5. The Balaban J connectivity index is 2.43. The Morgan fingerprint density at radius 2 is 1.79 bits per heavy atom. The molecule has 0 spiro atoms. The fraction of sp³-hybridized carbons (Fsp3) is 0.727. The van der Waals surface area contributed by atoms with Crippen LogP contribution in [-0.2, 0) is 4.79 Å². The SMILES string of the molecule is C=C(CNC1C(C)(C)C1(C)C)C(=O)O. The van der Waals surface area contributed by atoms with Crippen molar-refractivity contribution in [2.75, 3.05) is 6.54 Å². The molecule has 3 heteroatoms. The van der Waals surface area contributed by atoms with Gasteiger partial charge in [0.25, 0.3) is 0 Å². The first-order valence-corrected chi connectivity index (χ1v) is 4.85. The zero-order chi connectivity index (χ0) is 11.1. The normalized spacial score (nSPS) is 23.1. The molecule has 0 atom stereocenters. The van der Waals surface area contributed by atoms with E-state index in [9.17, 15) is 4.79 Å². The lowest BCUT2D eigenvalue weighted by molar-refractivity contribution is -0.132. The Morgan fingerprint density at radius 3 is 2.07 bits per heavy atom. The second kappa shape index (κ2) is 3.09. The molecular formula is C11H19NO2. The zero-order valence-electron chi connectivity index (χ0n) is 9.35. The molecule has 0 saturated heterocycles. The van der Waals surface area contributed by atoms with Crippen LogP contribution in [0.2, 0.25) is 0 Å². The van der Waals surface area contributed by atoms with E-state index in [4.69, 9.17) is 5.11 Å². The summed E-state index contributed by atoms with van der Waals surface area (Å²) in [5, 5.41) is 11.9. The zero-order valence-corrected chi connectivity index (χ0v) is 9.35. The van der Waals surface area contributed by atoms with Crippen molar-refractivity contribution in [1.82, 2.24) is 5.32 Å². The summed E-state index contributed by atoms with van der Waals surface area (Å²) in [7, 11) is 0. The fourth-order valence-electron chi connectivity index (χ4n) is 2.01. The molecule has 0 bridgehead atoms. The van der Waals surface area contributed by atoms with Crippen LogP contribution >= 0.6 is 0 Å². The summed E-state index contributed by atoms with van der Waals surface area (Å²) in [6.07, 6.45) is 0. The number of carboxylic acid groups (broad SMARTS) is 1. The summed E-state index contributed by atoms with van der Waals surface area (Å²) in [5.41, 5.74) is 0.709. The van der Waals surface area contributed by atoms with Crippen LogP contribution in [0.1, 0.15) is 27.7 Å². The molecule has 1 aliphatic rings. The van der Waals surface area contributed by atoms with E-state index in [1.165, 1.54) is 0 Å². The van der Waals surface area contributed by atoms with Gasteiger partial charge >= 0.3 is 5.97 Å². The molecule has 0 aromatic carbocycles. The Bertz CT molecular complexity index is 265. The maximum Gasteiger partial charge on any atom is 0.332 e. The second-order valence-corrected chi connectivity index (χ2v) is 5.17. The second-order valence-electron chi connectivity index (χ2n) is 5.17. The molecule has 3 nitrogen and oxygen atoms in total. The van der Waals surface area contributed by atoms with E-state index in [0.717, 1.165) is 0 Å². The third-order valence-corrected chi connectivity index (χ3v) is 3.84. The summed E-state index contributed by atoms with van der Waals surface area (Å²) >= 11 is 0. The van der Waals surface area contributed by atoms with Crippen molar-refractivity contribution in [2.24, 2.45) is 10.8 Å². The number of nitrogens with one attached hydrogen (secondary N) is 1. The minimum absolute atomic E-state index is 0.225. The standard InChI is InChI=1S/C11H19NO2/c1-7(8(13)14)6-12-9-10(2,3)11(9,4)5/h9,12H,1,6H2,2-5H3,(H,13,14). The maximum atomic E-state index is 10.5. The first-order valence-electron chi connectivity index (χ1n) is 4.85. The van der Waals surface area contributed by atoms with Gasteiger partial charge in [-0.05, 0) is 10.8 Å². The number of rotatable bonds is 4. The van der Waals surface area contributed by atoms with Gasteiger partial charge in [-0.2, -0.15) is 0 Å². The molecule has 1 fully saturated rings. The van der Waals surface area contributed by atoms with E-state index in [2.05, 4.69) is 39.6 Å². The van der Waals surface area contributed by atoms with Gasteiger partial charge in [-0.15, -0.1) is 0 Å². The van der Waals surface area contributed by atoms with Gasteiger partial charge in [0.2, 0.25) is 0 Å². The summed E-state index contributed by atoms with van der Waals surface area (Å²) in [5.74, 6) is -0.922. The lowest BCUT2D eigenvalue weighted by Crippen LogP contribution is -2.26. The lowest BCUT2D eigenvalue weighted by Gasteiger charge is -2.05. The van der Waals surface area contributed by atoms with Crippen molar-refractivity contribution in [3.8, 4) is 0 Å². The lowest BCUT2D eigenvalue weighted by atomic mass is 10.0. The third-order valence-electron chi connectivity index (χ3n) is 3.84. The quantitative estimate of drug-likeness (QED) is 0.674. The van der Waals surface area contributed by atoms with Gasteiger partial charge in [-0.25, -0.2) is 4.79 Å². The van der Waals surface area contributed by atoms with Crippen LogP contribution in [0.3, 0.4) is 0 Å². The van der Waals surface area contributed by atoms with Gasteiger partial charge < -0.3 is 10.4 Å². The van der Waals surface area contributed by atoms with E-state index < -0.39 is 5.97 Å². The highest BCUT2D eigenvalue weighted by Crippen LogP contribution is 2.62. The summed E-state index contributed by atoms with van der Waals surface area (Å²) < 4.78 is 0. The van der Waals surface area contributed by atoms with Crippen molar-refractivity contribution in [2.45, 2.75) is 33.7 Å².